The number of carbonyl (C=O) groups is 1. The number of hydrogen-bond donors (Lipinski definition) is 0. The van der Waals surface area contributed by atoms with Crippen LogP contribution in [0.4, 0.5) is 0 Å². The van der Waals surface area contributed by atoms with Crippen LogP contribution in [0.15, 0.2) is 24.3 Å². The molecule has 0 aromatic carbocycles. The molecule has 1 fully saturated rings. The van der Waals surface area contributed by atoms with E-state index < -0.39 is 0 Å². The maximum absolute atomic E-state index is 12.5. The summed E-state index contributed by atoms with van der Waals surface area (Å²) in [5, 5.41) is 0. The second-order valence-electron chi connectivity index (χ2n) is 5.27. The summed E-state index contributed by atoms with van der Waals surface area (Å²) < 4.78 is 5.19. The molecule has 0 N–H and O–H groups in total. The third-order valence-corrected chi connectivity index (χ3v) is 3.90. The third kappa shape index (κ3) is 2.12. The van der Waals surface area contributed by atoms with E-state index in [1.165, 1.54) is 0 Å². The Hall–Kier alpha value is -0.890. The zero-order valence-electron chi connectivity index (χ0n) is 10.3. The lowest BCUT2D eigenvalue weighted by atomic mass is 9.68. The molecule has 2 nitrogen and oxygen atoms in total. The van der Waals surface area contributed by atoms with Gasteiger partial charge in [-0.3, -0.25) is 4.79 Å². The van der Waals surface area contributed by atoms with Crippen LogP contribution in [-0.4, -0.2) is 18.5 Å². The Balaban J connectivity index is 2.06. The zero-order chi connectivity index (χ0) is 11.8. The summed E-state index contributed by atoms with van der Waals surface area (Å²) in [6, 6.07) is 0. The van der Waals surface area contributed by atoms with Crippen molar-refractivity contribution in [3.8, 4) is 0 Å². The molecule has 2 rings (SSSR count). The number of Topliss-reactive ketones (excluding diaryl/α,β-unsaturated/α-hetero) is 1. The van der Waals surface area contributed by atoms with E-state index in [0.717, 1.165) is 13.0 Å². The molecule has 2 heteroatoms. The standard InChI is InChI=1S/C14H20O2/c1-10(8-12-9-16-12)13(15)14(3)7-5-4-6-11(14)2/h4-7,10-12H,8-9H2,1-3H3. The van der Waals surface area contributed by atoms with Crippen LogP contribution < -0.4 is 0 Å². The molecule has 16 heavy (non-hydrogen) atoms. The lowest BCUT2D eigenvalue weighted by molar-refractivity contribution is -0.131. The molecule has 0 radical (unpaired) electrons. The van der Waals surface area contributed by atoms with Crippen molar-refractivity contribution in [3.05, 3.63) is 24.3 Å². The zero-order valence-corrected chi connectivity index (χ0v) is 10.3. The van der Waals surface area contributed by atoms with Crippen LogP contribution >= 0.6 is 0 Å². The summed E-state index contributed by atoms with van der Waals surface area (Å²) >= 11 is 0. The highest BCUT2D eigenvalue weighted by Crippen LogP contribution is 2.37. The fourth-order valence-electron chi connectivity index (χ4n) is 2.38. The minimum absolute atomic E-state index is 0.0936. The Bertz CT molecular complexity index is 339. The normalized spacial score (nSPS) is 38.4. The van der Waals surface area contributed by atoms with Gasteiger partial charge in [0.15, 0.2) is 0 Å². The fourth-order valence-corrected chi connectivity index (χ4v) is 2.38. The number of hydrogen-bond acceptors (Lipinski definition) is 2. The van der Waals surface area contributed by atoms with Gasteiger partial charge in [-0.15, -0.1) is 0 Å². The van der Waals surface area contributed by atoms with Crippen LogP contribution in [0.1, 0.15) is 27.2 Å². The molecule has 0 saturated carbocycles. The van der Waals surface area contributed by atoms with Gasteiger partial charge in [0.1, 0.15) is 5.78 Å². The highest BCUT2D eigenvalue weighted by Gasteiger charge is 2.40. The maximum atomic E-state index is 12.5. The van der Waals surface area contributed by atoms with Gasteiger partial charge in [0.25, 0.3) is 0 Å². The van der Waals surface area contributed by atoms with Gasteiger partial charge in [-0.2, -0.15) is 0 Å². The van der Waals surface area contributed by atoms with E-state index in [-0.39, 0.29) is 17.3 Å². The molecule has 2 aliphatic rings. The van der Waals surface area contributed by atoms with Crippen molar-refractivity contribution in [2.24, 2.45) is 17.3 Å². The van der Waals surface area contributed by atoms with Crippen molar-refractivity contribution in [1.29, 1.82) is 0 Å². The van der Waals surface area contributed by atoms with Crippen LogP contribution in [0, 0.1) is 17.3 Å². The highest BCUT2D eigenvalue weighted by atomic mass is 16.6. The van der Waals surface area contributed by atoms with Gasteiger partial charge in [0.05, 0.1) is 18.1 Å². The molecule has 1 heterocycles. The Morgan fingerprint density at radius 1 is 1.56 bits per heavy atom. The molecule has 0 spiro atoms. The van der Waals surface area contributed by atoms with E-state index in [2.05, 4.69) is 13.0 Å². The minimum Gasteiger partial charge on any atom is -0.373 e. The summed E-state index contributed by atoms with van der Waals surface area (Å²) in [6.07, 6.45) is 9.37. The van der Waals surface area contributed by atoms with Crippen molar-refractivity contribution in [3.63, 3.8) is 0 Å². The Morgan fingerprint density at radius 3 is 2.81 bits per heavy atom. The average molecular weight is 220 g/mol. The van der Waals surface area contributed by atoms with E-state index in [0.29, 0.717) is 11.9 Å². The predicted octanol–water partition coefficient (Wildman–Crippen LogP) is 2.75. The second kappa shape index (κ2) is 4.17. The second-order valence-corrected chi connectivity index (χ2v) is 5.27. The van der Waals surface area contributed by atoms with Gasteiger partial charge in [-0.05, 0) is 19.3 Å². The molecule has 0 bridgehead atoms. The van der Waals surface area contributed by atoms with Crippen molar-refractivity contribution in [2.75, 3.05) is 6.61 Å². The minimum atomic E-state index is -0.330. The number of ketones is 1. The van der Waals surface area contributed by atoms with Crippen LogP contribution in [-0.2, 0) is 9.53 Å². The Morgan fingerprint density at radius 2 is 2.25 bits per heavy atom. The van der Waals surface area contributed by atoms with E-state index in [4.69, 9.17) is 4.74 Å². The van der Waals surface area contributed by atoms with Gasteiger partial charge >= 0.3 is 0 Å². The molecular weight excluding hydrogens is 200 g/mol. The Labute approximate surface area is 97.4 Å². The van der Waals surface area contributed by atoms with Gasteiger partial charge < -0.3 is 4.74 Å². The molecule has 1 aliphatic carbocycles. The summed E-state index contributed by atoms with van der Waals surface area (Å²) in [4.78, 5) is 12.5. The van der Waals surface area contributed by atoms with Crippen molar-refractivity contribution < 1.29 is 9.53 Å². The van der Waals surface area contributed by atoms with Crippen molar-refractivity contribution in [2.45, 2.75) is 33.3 Å². The summed E-state index contributed by atoms with van der Waals surface area (Å²) in [5.41, 5.74) is -0.330. The molecule has 0 aromatic rings. The largest absolute Gasteiger partial charge is 0.373 e. The quantitative estimate of drug-likeness (QED) is 0.682. The van der Waals surface area contributed by atoms with Gasteiger partial charge in [-0.1, -0.05) is 38.2 Å². The molecule has 4 atom stereocenters. The molecule has 1 saturated heterocycles. The summed E-state index contributed by atoms with van der Waals surface area (Å²) in [5.74, 6) is 0.722. The summed E-state index contributed by atoms with van der Waals surface area (Å²) in [7, 11) is 0. The first-order chi connectivity index (χ1) is 7.54. The predicted molar refractivity (Wildman–Crippen MR) is 64.1 cm³/mol. The summed E-state index contributed by atoms with van der Waals surface area (Å²) in [6.45, 7) is 7.01. The van der Waals surface area contributed by atoms with E-state index >= 15 is 0 Å². The SMILES string of the molecule is CC(CC1CO1)C(=O)C1(C)C=CC=CC1C. The lowest BCUT2D eigenvalue weighted by Gasteiger charge is -2.33. The Kier molecular flexibility index (Phi) is 3.02. The van der Waals surface area contributed by atoms with Gasteiger partial charge in [0, 0.05) is 5.92 Å². The van der Waals surface area contributed by atoms with Gasteiger partial charge in [0.2, 0.25) is 0 Å². The first-order valence-electron chi connectivity index (χ1n) is 6.06. The molecule has 4 unspecified atom stereocenters. The van der Waals surface area contributed by atoms with Crippen LogP contribution in [0.5, 0.6) is 0 Å². The van der Waals surface area contributed by atoms with Crippen molar-refractivity contribution >= 4 is 5.78 Å². The first-order valence-corrected chi connectivity index (χ1v) is 6.06. The number of ether oxygens (including phenoxy) is 1. The number of allylic oxidation sites excluding steroid dienone is 4. The number of carbonyl (C=O) groups excluding carboxylic acids is 1. The number of epoxide rings is 1. The maximum Gasteiger partial charge on any atom is 0.145 e. The molecule has 0 aromatic heterocycles. The third-order valence-electron chi connectivity index (χ3n) is 3.90. The van der Waals surface area contributed by atoms with E-state index in [1.807, 2.05) is 32.1 Å². The van der Waals surface area contributed by atoms with Crippen molar-refractivity contribution in [1.82, 2.24) is 0 Å². The smallest absolute Gasteiger partial charge is 0.145 e. The topological polar surface area (TPSA) is 29.6 Å². The van der Waals surface area contributed by atoms with Crippen LogP contribution in [0.25, 0.3) is 0 Å². The fraction of sp³-hybridized carbons (Fsp3) is 0.643. The molecule has 0 amide bonds. The van der Waals surface area contributed by atoms with Crippen LogP contribution in [0.2, 0.25) is 0 Å². The van der Waals surface area contributed by atoms with Gasteiger partial charge in [-0.25, -0.2) is 0 Å². The molecule has 88 valence electrons. The van der Waals surface area contributed by atoms with Crippen LogP contribution in [0.3, 0.4) is 0 Å². The highest BCUT2D eigenvalue weighted by molar-refractivity contribution is 5.89. The lowest BCUT2D eigenvalue weighted by Crippen LogP contribution is -2.37. The molecule has 1 aliphatic heterocycles. The monoisotopic (exact) mass is 220 g/mol. The average Bonchev–Trinajstić information content (AvgIpc) is 3.05. The number of rotatable bonds is 4. The van der Waals surface area contributed by atoms with E-state index in [1.54, 1.807) is 0 Å². The van der Waals surface area contributed by atoms with E-state index in [9.17, 15) is 4.79 Å². The first kappa shape index (κ1) is 11.6. The molecular formula is C14H20O2.